The van der Waals surface area contributed by atoms with Gasteiger partial charge in [0.2, 0.25) is 0 Å². The van der Waals surface area contributed by atoms with Gasteiger partial charge in [-0.25, -0.2) is 13.6 Å². The van der Waals surface area contributed by atoms with Gasteiger partial charge in [-0.15, -0.1) is 0 Å². The molecule has 0 aromatic carbocycles. The summed E-state index contributed by atoms with van der Waals surface area (Å²) < 4.78 is 31.7. The standard InChI is InChI=1S/C10H18F2N2O2/c1-9(2,3)16-8(15)14-5-4-10(11,12)7(14)6-13/h7H,4-6,13H2,1-3H3/t7-/m0/s1. The number of hydrogen-bond acceptors (Lipinski definition) is 3. The lowest BCUT2D eigenvalue weighted by atomic mass is 10.1. The van der Waals surface area contributed by atoms with Crippen molar-refractivity contribution in [1.29, 1.82) is 0 Å². The summed E-state index contributed by atoms with van der Waals surface area (Å²) in [6.45, 7) is 4.81. The fraction of sp³-hybridized carbons (Fsp3) is 0.900. The van der Waals surface area contributed by atoms with E-state index < -0.39 is 23.7 Å². The van der Waals surface area contributed by atoms with Gasteiger partial charge in [-0.05, 0) is 20.8 Å². The van der Waals surface area contributed by atoms with Gasteiger partial charge in [0, 0.05) is 19.5 Å². The SMILES string of the molecule is CC(C)(C)OC(=O)N1CCC(F)(F)[C@@H]1CN. The molecular weight excluding hydrogens is 218 g/mol. The molecule has 0 unspecified atom stereocenters. The Kier molecular flexibility index (Phi) is 3.42. The molecule has 6 heteroatoms. The molecule has 0 aliphatic carbocycles. The molecule has 4 nitrogen and oxygen atoms in total. The molecule has 1 saturated heterocycles. The summed E-state index contributed by atoms with van der Waals surface area (Å²) in [6, 6.07) is -1.25. The highest BCUT2D eigenvalue weighted by molar-refractivity contribution is 5.69. The molecule has 1 aliphatic rings. The highest BCUT2D eigenvalue weighted by Gasteiger charge is 2.50. The van der Waals surface area contributed by atoms with Crippen LogP contribution in [0.15, 0.2) is 0 Å². The monoisotopic (exact) mass is 236 g/mol. The molecule has 0 saturated carbocycles. The summed E-state index contributed by atoms with van der Waals surface area (Å²) in [7, 11) is 0. The van der Waals surface area contributed by atoms with Crippen LogP contribution in [-0.4, -0.2) is 41.6 Å². The van der Waals surface area contributed by atoms with Gasteiger partial charge in [-0.2, -0.15) is 0 Å². The molecule has 1 fully saturated rings. The predicted molar refractivity (Wildman–Crippen MR) is 55.3 cm³/mol. The van der Waals surface area contributed by atoms with Gasteiger partial charge in [0.05, 0.1) is 0 Å². The van der Waals surface area contributed by atoms with Crippen molar-refractivity contribution in [2.45, 2.75) is 44.8 Å². The fourth-order valence-electron chi connectivity index (χ4n) is 1.66. The first-order valence-electron chi connectivity index (χ1n) is 5.25. The molecule has 1 heterocycles. The van der Waals surface area contributed by atoms with E-state index >= 15 is 0 Å². The van der Waals surface area contributed by atoms with Crippen LogP contribution in [0.2, 0.25) is 0 Å². The molecule has 0 radical (unpaired) electrons. The quantitative estimate of drug-likeness (QED) is 0.752. The summed E-state index contributed by atoms with van der Waals surface area (Å²) in [5.74, 6) is -2.91. The Hall–Kier alpha value is -0.910. The van der Waals surface area contributed by atoms with Crippen LogP contribution in [0.3, 0.4) is 0 Å². The van der Waals surface area contributed by atoms with E-state index in [9.17, 15) is 13.6 Å². The molecule has 0 bridgehead atoms. The molecule has 1 rings (SSSR count). The van der Waals surface area contributed by atoms with Crippen LogP contribution >= 0.6 is 0 Å². The van der Waals surface area contributed by atoms with E-state index in [-0.39, 0.29) is 19.5 Å². The van der Waals surface area contributed by atoms with E-state index in [0.29, 0.717) is 0 Å². The Bertz CT molecular complexity index is 276. The molecule has 16 heavy (non-hydrogen) atoms. The van der Waals surface area contributed by atoms with E-state index in [0.717, 1.165) is 4.90 Å². The van der Waals surface area contributed by atoms with Crippen LogP contribution < -0.4 is 5.73 Å². The lowest BCUT2D eigenvalue weighted by molar-refractivity contribution is -0.0372. The molecule has 1 atom stereocenters. The molecule has 0 aromatic rings. The second-order valence-corrected chi connectivity index (χ2v) is 4.94. The minimum Gasteiger partial charge on any atom is -0.444 e. The zero-order valence-corrected chi connectivity index (χ0v) is 9.80. The third-order valence-electron chi connectivity index (χ3n) is 2.40. The largest absolute Gasteiger partial charge is 0.444 e. The number of ether oxygens (including phenoxy) is 1. The summed E-state index contributed by atoms with van der Waals surface area (Å²) in [4.78, 5) is 12.7. The summed E-state index contributed by atoms with van der Waals surface area (Å²) in [6.07, 6.45) is -1.08. The predicted octanol–water partition coefficient (Wildman–Crippen LogP) is 1.59. The number of amides is 1. The number of likely N-dealkylation sites (tertiary alicyclic amines) is 1. The minimum atomic E-state index is -2.91. The van der Waals surface area contributed by atoms with Gasteiger partial charge in [-0.1, -0.05) is 0 Å². The van der Waals surface area contributed by atoms with Crippen molar-refractivity contribution in [3.8, 4) is 0 Å². The molecule has 94 valence electrons. The summed E-state index contributed by atoms with van der Waals surface area (Å²) in [5, 5.41) is 0. The third-order valence-corrected chi connectivity index (χ3v) is 2.40. The van der Waals surface area contributed by atoms with Crippen molar-refractivity contribution in [2.24, 2.45) is 5.73 Å². The summed E-state index contributed by atoms with van der Waals surface area (Å²) >= 11 is 0. The Morgan fingerprint density at radius 1 is 1.56 bits per heavy atom. The smallest absolute Gasteiger partial charge is 0.410 e. The Morgan fingerprint density at radius 2 is 2.12 bits per heavy atom. The fourth-order valence-corrected chi connectivity index (χ4v) is 1.66. The maximum Gasteiger partial charge on any atom is 0.410 e. The van der Waals surface area contributed by atoms with Crippen LogP contribution in [0.5, 0.6) is 0 Å². The molecule has 0 spiro atoms. The second-order valence-electron chi connectivity index (χ2n) is 4.94. The average molecular weight is 236 g/mol. The van der Waals surface area contributed by atoms with Gasteiger partial charge in [-0.3, -0.25) is 4.90 Å². The Balaban J connectivity index is 2.71. The van der Waals surface area contributed by atoms with E-state index in [1.807, 2.05) is 0 Å². The number of hydrogen-bond donors (Lipinski definition) is 1. The van der Waals surface area contributed by atoms with Crippen molar-refractivity contribution >= 4 is 6.09 Å². The van der Waals surface area contributed by atoms with Crippen LogP contribution in [0.1, 0.15) is 27.2 Å². The van der Waals surface area contributed by atoms with Crippen LogP contribution in [0.4, 0.5) is 13.6 Å². The zero-order chi connectivity index (χ0) is 12.6. The van der Waals surface area contributed by atoms with Crippen molar-refractivity contribution in [1.82, 2.24) is 4.90 Å². The number of halogens is 2. The van der Waals surface area contributed by atoms with Gasteiger partial charge in [0.1, 0.15) is 11.6 Å². The molecule has 0 aromatic heterocycles. The van der Waals surface area contributed by atoms with Gasteiger partial charge < -0.3 is 10.5 Å². The number of carbonyl (C=O) groups is 1. The third kappa shape index (κ3) is 2.81. The van der Waals surface area contributed by atoms with Crippen LogP contribution in [0, 0.1) is 0 Å². The van der Waals surface area contributed by atoms with Gasteiger partial charge >= 0.3 is 6.09 Å². The molecule has 1 amide bonds. The van der Waals surface area contributed by atoms with Crippen molar-refractivity contribution in [2.75, 3.05) is 13.1 Å². The maximum absolute atomic E-state index is 13.3. The van der Waals surface area contributed by atoms with E-state index in [2.05, 4.69) is 0 Å². The number of nitrogens with zero attached hydrogens (tertiary/aromatic N) is 1. The van der Waals surface area contributed by atoms with Gasteiger partial charge in [0.25, 0.3) is 5.92 Å². The van der Waals surface area contributed by atoms with Crippen LogP contribution in [-0.2, 0) is 4.74 Å². The number of carbonyl (C=O) groups excluding carboxylic acids is 1. The van der Waals surface area contributed by atoms with Crippen molar-refractivity contribution in [3.05, 3.63) is 0 Å². The number of nitrogens with two attached hydrogens (primary N) is 1. The normalized spacial score (nSPS) is 24.6. The van der Waals surface area contributed by atoms with Crippen LogP contribution in [0.25, 0.3) is 0 Å². The molecular formula is C10H18F2N2O2. The first-order chi connectivity index (χ1) is 7.17. The number of alkyl halides is 2. The first kappa shape index (κ1) is 13.2. The lowest BCUT2D eigenvalue weighted by Crippen LogP contribution is -2.48. The van der Waals surface area contributed by atoms with E-state index in [1.165, 1.54) is 0 Å². The highest BCUT2D eigenvalue weighted by atomic mass is 19.3. The molecule has 1 aliphatic heterocycles. The summed E-state index contributed by atoms with van der Waals surface area (Å²) in [5.41, 5.74) is 4.59. The molecule has 2 N–H and O–H groups in total. The topological polar surface area (TPSA) is 55.6 Å². The first-order valence-corrected chi connectivity index (χ1v) is 5.25. The average Bonchev–Trinajstić information content (AvgIpc) is 2.37. The second kappa shape index (κ2) is 4.16. The van der Waals surface area contributed by atoms with Crippen molar-refractivity contribution in [3.63, 3.8) is 0 Å². The number of rotatable bonds is 1. The van der Waals surface area contributed by atoms with Gasteiger partial charge in [0.15, 0.2) is 0 Å². The van der Waals surface area contributed by atoms with E-state index in [4.69, 9.17) is 10.5 Å². The Labute approximate surface area is 93.7 Å². The van der Waals surface area contributed by atoms with Crippen molar-refractivity contribution < 1.29 is 18.3 Å². The highest BCUT2D eigenvalue weighted by Crippen LogP contribution is 2.34. The Morgan fingerprint density at radius 3 is 2.56 bits per heavy atom. The zero-order valence-electron chi connectivity index (χ0n) is 9.80. The lowest BCUT2D eigenvalue weighted by Gasteiger charge is -2.29. The maximum atomic E-state index is 13.3. The minimum absolute atomic E-state index is 0.0101. The van der Waals surface area contributed by atoms with E-state index in [1.54, 1.807) is 20.8 Å².